The molecule has 0 saturated carbocycles. The third-order valence-electron chi connectivity index (χ3n) is 4.39. The van der Waals surface area contributed by atoms with Crippen molar-refractivity contribution >= 4 is 27.2 Å². The van der Waals surface area contributed by atoms with E-state index in [2.05, 4.69) is 10.3 Å². The molecule has 1 aliphatic heterocycles. The smallest absolute Gasteiger partial charge is 0.253 e. The second-order valence-electron chi connectivity index (χ2n) is 6.20. The van der Waals surface area contributed by atoms with Gasteiger partial charge in [0.15, 0.2) is 0 Å². The SMILES string of the molecule is CN(c1ccccc1)c1ccc(C(=O)NC2CCS(=O)(=O)CC2)cn1. The van der Waals surface area contributed by atoms with Crippen LogP contribution >= 0.6 is 0 Å². The van der Waals surface area contributed by atoms with Gasteiger partial charge in [0, 0.05) is 25.0 Å². The van der Waals surface area contributed by atoms with E-state index >= 15 is 0 Å². The molecule has 1 N–H and O–H groups in total. The molecule has 0 aliphatic carbocycles. The van der Waals surface area contributed by atoms with Gasteiger partial charge < -0.3 is 10.2 Å². The highest BCUT2D eigenvalue weighted by Gasteiger charge is 2.25. The molecule has 2 aromatic rings. The molecule has 3 rings (SSSR count). The summed E-state index contributed by atoms with van der Waals surface area (Å²) in [4.78, 5) is 18.6. The Morgan fingerprint density at radius 2 is 1.80 bits per heavy atom. The van der Waals surface area contributed by atoms with Crippen LogP contribution in [0.25, 0.3) is 0 Å². The molecule has 1 fully saturated rings. The quantitative estimate of drug-likeness (QED) is 0.905. The van der Waals surface area contributed by atoms with Crippen molar-refractivity contribution in [3.8, 4) is 0 Å². The molecule has 0 atom stereocenters. The highest BCUT2D eigenvalue weighted by atomic mass is 32.2. The Bertz CT molecular complexity index is 822. The summed E-state index contributed by atoms with van der Waals surface area (Å²) in [5, 5.41) is 2.90. The highest BCUT2D eigenvalue weighted by molar-refractivity contribution is 7.91. The van der Waals surface area contributed by atoms with Crippen LogP contribution in [0.15, 0.2) is 48.7 Å². The zero-order chi connectivity index (χ0) is 17.9. The van der Waals surface area contributed by atoms with Crippen molar-refractivity contribution in [1.29, 1.82) is 0 Å². The van der Waals surface area contributed by atoms with Crippen LogP contribution in [0, 0.1) is 0 Å². The molecule has 25 heavy (non-hydrogen) atoms. The zero-order valence-electron chi connectivity index (χ0n) is 14.1. The average Bonchev–Trinajstić information content (AvgIpc) is 2.64. The van der Waals surface area contributed by atoms with Crippen LogP contribution in [0.4, 0.5) is 11.5 Å². The fraction of sp³-hybridized carbons (Fsp3) is 0.333. The summed E-state index contributed by atoms with van der Waals surface area (Å²) in [5.41, 5.74) is 1.48. The van der Waals surface area contributed by atoms with E-state index in [-0.39, 0.29) is 23.5 Å². The van der Waals surface area contributed by atoms with E-state index < -0.39 is 9.84 Å². The van der Waals surface area contributed by atoms with E-state index in [4.69, 9.17) is 0 Å². The number of nitrogens with zero attached hydrogens (tertiary/aromatic N) is 2. The number of hydrogen-bond donors (Lipinski definition) is 1. The fourth-order valence-corrected chi connectivity index (χ4v) is 4.30. The number of nitrogens with one attached hydrogen (secondary N) is 1. The minimum atomic E-state index is -2.93. The number of rotatable bonds is 4. The molecule has 0 spiro atoms. The maximum atomic E-state index is 12.3. The van der Waals surface area contributed by atoms with Crippen LogP contribution in [-0.4, -0.2) is 43.9 Å². The summed E-state index contributed by atoms with van der Waals surface area (Å²) in [7, 11) is -1.01. The van der Waals surface area contributed by atoms with E-state index in [1.807, 2.05) is 42.3 Å². The Morgan fingerprint density at radius 1 is 1.12 bits per heavy atom. The van der Waals surface area contributed by atoms with E-state index in [1.165, 1.54) is 0 Å². The third-order valence-corrected chi connectivity index (χ3v) is 6.10. The predicted octanol–water partition coefficient (Wildman–Crippen LogP) is 2.16. The summed E-state index contributed by atoms with van der Waals surface area (Å²) < 4.78 is 22.9. The summed E-state index contributed by atoms with van der Waals surface area (Å²) in [6, 6.07) is 13.3. The van der Waals surface area contributed by atoms with E-state index in [9.17, 15) is 13.2 Å². The highest BCUT2D eigenvalue weighted by Crippen LogP contribution is 2.21. The molecule has 132 valence electrons. The number of carbonyl (C=O) groups excluding carboxylic acids is 1. The molecule has 1 saturated heterocycles. The Hall–Kier alpha value is -2.41. The van der Waals surface area contributed by atoms with Crippen molar-refractivity contribution in [2.24, 2.45) is 0 Å². The first-order valence-corrected chi connectivity index (χ1v) is 10.0. The van der Waals surface area contributed by atoms with Crippen molar-refractivity contribution in [2.45, 2.75) is 18.9 Å². The second kappa shape index (κ2) is 7.23. The molecule has 1 aromatic heterocycles. The Morgan fingerprint density at radius 3 is 2.40 bits per heavy atom. The van der Waals surface area contributed by atoms with Gasteiger partial charge in [-0.05, 0) is 37.1 Å². The minimum Gasteiger partial charge on any atom is -0.349 e. The van der Waals surface area contributed by atoms with E-state index in [1.54, 1.807) is 18.3 Å². The lowest BCUT2D eigenvalue weighted by Crippen LogP contribution is -2.40. The number of amides is 1. The van der Waals surface area contributed by atoms with Gasteiger partial charge in [0.2, 0.25) is 0 Å². The van der Waals surface area contributed by atoms with Crippen LogP contribution < -0.4 is 10.2 Å². The number of hydrogen-bond acceptors (Lipinski definition) is 5. The van der Waals surface area contributed by atoms with Crippen molar-refractivity contribution in [1.82, 2.24) is 10.3 Å². The van der Waals surface area contributed by atoms with E-state index in [0.29, 0.717) is 18.4 Å². The third kappa shape index (κ3) is 4.36. The van der Waals surface area contributed by atoms with Gasteiger partial charge in [-0.3, -0.25) is 4.79 Å². The van der Waals surface area contributed by atoms with Gasteiger partial charge in [0.25, 0.3) is 5.91 Å². The Balaban J connectivity index is 1.63. The maximum Gasteiger partial charge on any atom is 0.253 e. The van der Waals surface area contributed by atoms with Crippen molar-refractivity contribution in [2.75, 3.05) is 23.5 Å². The molecule has 2 heterocycles. The number of para-hydroxylation sites is 1. The number of benzene rings is 1. The maximum absolute atomic E-state index is 12.3. The Labute approximate surface area is 147 Å². The predicted molar refractivity (Wildman–Crippen MR) is 97.9 cm³/mol. The summed E-state index contributed by atoms with van der Waals surface area (Å²) in [6.45, 7) is 0. The minimum absolute atomic E-state index is 0.0947. The summed E-state index contributed by atoms with van der Waals surface area (Å²) in [5.74, 6) is 0.797. The lowest BCUT2D eigenvalue weighted by Gasteiger charge is -2.23. The van der Waals surface area contributed by atoms with Gasteiger partial charge in [-0.15, -0.1) is 0 Å². The number of pyridine rings is 1. The number of sulfone groups is 1. The van der Waals surface area contributed by atoms with E-state index in [0.717, 1.165) is 11.5 Å². The first-order valence-electron chi connectivity index (χ1n) is 8.21. The van der Waals surface area contributed by atoms with Gasteiger partial charge in [0.1, 0.15) is 15.7 Å². The first kappa shape index (κ1) is 17.4. The molecule has 0 radical (unpaired) electrons. The van der Waals surface area contributed by atoms with Crippen LogP contribution in [0.2, 0.25) is 0 Å². The molecule has 0 bridgehead atoms. The molecule has 0 unspecified atom stereocenters. The molecule has 6 nitrogen and oxygen atoms in total. The molecular formula is C18H21N3O3S. The Kier molecular flexibility index (Phi) is 5.03. The van der Waals surface area contributed by atoms with Gasteiger partial charge in [0.05, 0.1) is 17.1 Å². The monoisotopic (exact) mass is 359 g/mol. The molecular weight excluding hydrogens is 338 g/mol. The van der Waals surface area contributed by atoms with Crippen molar-refractivity contribution in [3.05, 3.63) is 54.2 Å². The summed E-state index contributed by atoms with van der Waals surface area (Å²) in [6.07, 6.45) is 2.48. The topological polar surface area (TPSA) is 79.4 Å². The normalized spacial score (nSPS) is 17.0. The fourth-order valence-electron chi connectivity index (χ4n) is 2.81. The second-order valence-corrected chi connectivity index (χ2v) is 8.50. The summed E-state index contributed by atoms with van der Waals surface area (Å²) >= 11 is 0. The average molecular weight is 359 g/mol. The van der Waals surface area contributed by atoms with Gasteiger partial charge in [-0.1, -0.05) is 18.2 Å². The van der Waals surface area contributed by atoms with Gasteiger partial charge in [-0.2, -0.15) is 0 Å². The molecule has 1 aromatic carbocycles. The lowest BCUT2D eigenvalue weighted by molar-refractivity contribution is 0.0934. The van der Waals surface area contributed by atoms with Gasteiger partial charge >= 0.3 is 0 Å². The van der Waals surface area contributed by atoms with Crippen LogP contribution in [0.1, 0.15) is 23.2 Å². The lowest BCUT2D eigenvalue weighted by atomic mass is 10.1. The van der Waals surface area contributed by atoms with Crippen molar-refractivity contribution < 1.29 is 13.2 Å². The standard InChI is InChI=1S/C18H21N3O3S/c1-21(16-5-3-2-4-6-16)17-8-7-14(13-19-17)18(22)20-15-9-11-25(23,24)12-10-15/h2-8,13,15H,9-12H2,1H3,(H,20,22). The molecule has 1 aliphatic rings. The van der Waals surface area contributed by atoms with Crippen LogP contribution in [0.5, 0.6) is 0 Å². The largest absolute Gasteiger partial charge is 0.349 e. The van der Waals surface area contributed by atoms with Gasteiger partial charge in [-0.25, -0.2) is 13.4 Å². The number of carbonyl (C=O) groups is 1. The molecule has 7 heteroatoms. The number of anilines is 2. The molecule has 1 amide bonds. The van der Waals surface area contributed by atoms with Crippen molar-refractivity contribution in [3.63, 3.8) is 0 Å². The number of aromatic nitrogens is 1. The zero-order valence-corrected chi connectivity index (χ0v) is 14.9. The van der Waals surface area contributed by atoms with Crippen LogP contribution in [-0.2, 0) is 9.84 Å². The first-order chi connectivity index (χ1) is 11.9. The van der Waals surface area contributed by atoms with Crippen LogP contribution in [0.3, 0.4) is 0 Å².